The molecule has 0 aliphatic rings. The highest BCUT2D eigenvalue weighted by atomic mass is 32.2. The summed E-state index contributed by atoms with van der Waals surface area (Å²) in [7, 11) is -0.393. The van der Waals surface area contributed by atoms with Crippen molar-refractivity contribution in [3.05, 3.63) is 158 Å². The minimum Gasteiger partial charge on any atom is -0.0619 e. The summed E-state index contributed by atoms with van der Waals surface area (Å²) < 4.78 is 0. The van der Waals surface area contributed by atoms with Crippen molar-refractivity contribution >= 4 is 32.6 Å². The molecule has 0 aliphatic carbocycles. The van der Waals surface area contributed by atoms with E-state index in [0.29, 0.717) is 0 Å². The van der Waals surface area contributed by atoms with Gasteiger partial charge in [-0.3, -0.25) is 0 Å². The topological polar surface area (TPSA) is 0 Å². The average Bonchev–Trinajstić information content (AvgIpc) is 2.96. The minimum atomic E-state index is -0.197. The molecule has 0 aromatic heterocycles. The van der Waals surface area contributed by atoms with Crippen LogP contribution in [0.3, 0.4) is 0 Å². The summed E-state index contributed by atoms with van der Waals surface area (Å²) in [6.07, 6.45) is 0. The smallest absolute Gasteiger partial charge is 0.0619 e. The first-order valence-electron chi connectivity index (χ1n) is 12.1. The van der Waals surface area contributed by atoms with E-state index in [1.165, 1.54) is 40.1 Å². The van der Waals surface area contributed by atoms with Gasteiger partial charge in [-0.05, 0) is 72.8 Å². The molecule has 6 aromatic rings. The molecule has 36 heavy (non-hydrogen) atoms. The minimum absolute atomic E-state index is 0.197. The third-order valence-corrected chi connectivity index (χ3v) is 10.8. The Morgan fingerprint density at radius 2 is 0.528 bits per heavy atom. The number of rotatable bonds is 6. The monoisotopic (exact) mass is 498 g/mol. The lowest BCUT2D eigenvalue weighted by atomic mass is 10.1. The second-order valence-electron chi connectivity index (χ2n) is 8.47. The SMILES string of the molecule is c1ccc([S+](c2ccccc2)c2cccc3c([S+](c4ccccc4)c4ccccc4)cccc23)cc1. The Bertz CT molecular complexity index is 1360. The fourth-order valence-corrected chi connectivity index (χ4v) is 9.12. The first kappa shape index (κ1) is 22.7. The van der Waals surface area contributed by atoms with Crippen molar-refractivity contribution in [2.75, 3.05) is 0 Å². The number of benzene rings is 6. The van der Waals surface area contributed by atoms with Gasteiger partial charge in [-0.15, -0.1) is 0 Å². The number of hydrogen-bond acceptors (Lipinski definition) is 0. The van der Waals surface area contributed by atoms with Gasteiger partial charge in [0, 0.05) is 10.8 Å². The summed E-state index contributed by atoms with van der Waals surface area (Å²) in [5.74, 6) is 0. The second kappa shape index (κ2) is 10.5. The van der Waals surface area contributed by atoms with Crippen molar-refractivity contribution in [2.45, 2.75) is 29.4 Å². The molecule has 0 nitrogen and oxygen atoms in total. The van der Waals surface area contributed by atoms with E-state index in [1.807, 2.05) is 0 Å². The van der Waals surface area contributed by atoms with Crippen LogP contribution in [-0.2, 0) is 21.8 Å². The molecule has 6 rings (SSSR count). The van der Waals surface area contributed by atoms with Crippen molar-refractivity contribution in [2.24, 2.45) is 0 Å². The molecule has 0 atom stereocenters. The van der Waals surface area contributed by atoms with E-state index >= 15 is 0 Å². The van der Waals surface area contributed by atoms with Crippen LogP contribution in [0.15, 0.2) is 187 Å². The van der Waals surface area contributed by atoms with Crippen molar-refractivity contribution in [3.8, 4) is 0 Å². The van der Waals surface area contributed by atoms with E-state index in [4.69, 9.17) is 0 Å². The van der Waals surface area contributed by atoms with Gasteiger partial charge in [-0.1, -0.05) is 84.9 Å². The van der Waals surface area contributed by atoms with E-state index in [-0.39, 0.29) is 21.8 Å². The van der Waals surface area contributed by atoms with E-state index in [1.54, 1.807) is 0 Å². The van der Waals surface area contributed by atoms with Gasteiger partial charge in [-0.25, -0.2) is 0 Å². The van der Waals surface area contributed by atoms with Gasteiger partial charge in [0.2, 0.25) is 0 Å². The van der Waals surface area contributed by atoms with Crippen molar-refractivity contribution in [1.82, 2.24) is 0 Å². The maximum absolute atomic E-state index is 2.32. The molecule has 0 spiro atoms. The van der Waals surface area contributed by atoms with Gasteiger partial charge >= 0.3 is 0 Å². The highest BCUT2D eigenvalue weighted by Crippen LogP contribution is 2.40. The molecule has 0 saturated heterocycles. The van der Waals surface area contributed by atoms with Gasteiger partial charge in [0.25, 0.3) is 0 Å². The van der Waals surface area contributed by atoms with Crippen LogP contribution >= 0.6 is 0 Å². The normalized spacial score (nSPS) is 11.3. The maximum atomic E-state index is 2.32. The molecule has 0 fully saturated rings. The molecule has 2 heteroatoms. The molecule has 0 bridgehead atoms. The summed E-state index contributed by atoms with van der Waals surface area (Å²) >= 11 is 0. The Balaban J connectivity index is 1.59. The second-order valence-corrected chi connectivity index (χ2v) is 12.5. The largest absolute Gasteiger partial charge is 0.174 e. The highest BCUT2D eigenvalue weighted by molar-refractivity contribution is 7.97. The molecule has 0 N–H and O–H groups in total. The molecule has 0 amide bonds. The molecule has 0 radical (unpaired) electrons. The molecule has 0 aliphatic heterocycles. The summed E-state index contributed by atoms with van der Waals surface area (Å²) in [6.45, 7) is 0. The summed E-state index contributed by atoms with van der Waals surface area (Å²) in [5.41, 5.74) is 0. The Kier molecular flexibility index (Phi) is 6.62. The third kappa shape index (κ3) is 4.46. The van der Waals surface area contributed by atoms with Gasteiger partial charge < -0.3 is 0 Å². The van der Waals surface area contributed by atoms with E-state index in [2.05, 4.69) is 158 Å². The van der Waals surface area contributed by atoms with Crippen LogP contribution in [0.4, 0.5) is 0 Å². The predicted octanol–water partition coefficient (Wildman–Crippen LogP) is 9.03. The van der Waals surface area contributed by atoms with Crippen molar-refractivity contribution in [1.29, 1.82) is 0 Å². The third-order valence-electron chi connectivity index (χ3n) is 6.20. The van der Waals surface area contributed by atoms with E-state index < -0.39 is 0 Å². The van der Waals surface area contributed by atoms with Crippen LogP contribution in [0.1, 0.15) is 0 Å². The Hall–Kier alpha value is -3.72. The van der Waals surface area contributed by atoms with Crippen LogP contribution < -0.4 is 0 Å². The molecular weight excluding hydrogens is 473 g/mol. The number of hydrogen-bond donors (Lipinski definition) is 0. The fraction of sp³-hybridized carbons (Fsp3) is 0. The Labute approximate surface area is 219 Å². The lowest BCUT2D eigenvalue weighted by Gasteiger charge is -2.13. The molecule has 6 aromatic carbocycles. The molecule has 0 unspecified atom stereocenters. The van der Waals surface area contributed by atoms with Crippen molar-refractivity contribution < 1.29 is 0 Å². The summed E-state index contributed by atoms with van der Waals surface area (Å²) in [5, 5.41) is 2.66. The van der Waals surface area contributed by atoms with Crippen LogP contribution in [0, 0.1) is 0 Å². The quantitative estimate of drug-likeness (QED) is 0.201. The Morgan fingerprint density at radius 3 is 0.806 bits per heavy atom. The average molecular weight is 499 g/mol. The lowest BCUT2D eigenvalue weighted by Crippen LogP contribution is -2.08. The van der Waals surface area contributed by atoms with Crippen molar-refractivity contribution in [3.63, 3.8) is 0 Å². The van der Waals surface area contributed by atoms with E-state index in [0.717, 1.165) is 0 Å². The predicted molar refractivity (Wildman–Crippen MR) is 154 cm³/mol. The van der Waals surface area contributed by atoms with E-state index in [9.17, 15) is 0 Å². The van der Waals surface area contributed by atoms with Gasteiger partial charge in [0.15, 0.2) is 29.4 Å². The summed E-state index contributed by atoms with van der Waals surface area (Å²) in [4.78, 5) is 8.10. The van der Waals surface area contributed by atoms with Crippen LogP contribution in [-0.4, -0.2) is 0 Å². The highest BCUT2D eigenvalue weighted by Gasteiger charge is 2.34. The standard InChI is InChI=1S/C34H26S2/c1-5-15-27(16-6-1)35(28-17-7-2-8-18-28)33-25-13-24-32-31(33)23-14-26-34(32)36(29-19-9-3-10-20-29)30-21-11-4-12-22-30/h1-26H/q+2. The molecule has 0 saturated carbocycles. The fourth-order valence-electron chi connectivity index (χ4n) is 4.61. The summed E-state index contributed by atoms with van der Waals surface area (Å²) in [6, 6.07) is 57.4. The molecular formula is C34H26S2+2. The van der Waals surface area contributed by atoms with Crippen LogP contribution in [0.25, 0.3) is 10.8 Å². The molecule has 0 heterocycles. The lowest BCUT2D eigenvalue weighted by molar-refractivity contribution is 1.32. The van der Waals surface area contributed by atoms with Gasteiger partial charge in [-0.2, -0.15) is 0 Å². The van der Waals surface area contributed by atoms with Crippen LogP contribution in [0.5, 0.6) is 0 Å². The molecule has 172 valence electrons. The number of fused-ring (bicyclic) bond motifs is 1. The first-order chi connectivity index (χ1) is 17.9. The zero-order chi connectivity index (χ0) is 24.2. The van der Waals surface area contributed by atoms with Gasteiger partial charge in [0.1, 0.15) is 0 Å². The maximum Gasteiger partial charge on any atom is 0.174 e. The zero-order valence-corrected chi connectivity index (χ0v) is 21.5. The van der Waals surface area contributed by atoms with Crippen LogP contribution in [0.2, 0.25) is 0 Å². The zero-order valence-electron chi connectivity index (χ0n) is 19.8. The Morgan fingerprint density at radius 1 is 0.250 bits per heavy atom. The van der Waals surface area contributed by atoms with Gasteiger partial charge in [0.05, 0.1) is 21.8 Å². The first-order valence-corrected chi connectivity index (χ1v) is 14.6.